The zero-order valence-electron chi connectivity index (χ0n) is 13.8. The minimum absolute atomic E-state index is 0.105. The maximum absolute atomic E-state index is 9.80. The van der Waals surface area contributed by atoms with Crippen LogP contribution in [0.25, 0.3) is 0 Å². The summed E-state index contributed by atoms with van der Waals surface area (Å²) in [5.74, 6) is 1.17. The number of aromatic nitrogens is 2. The van der Waals surface area contributed by atoms with E-state index in [1.165, 1.54) is 0 Å². The van der Waals surface area contributed by atoms with Crippen molar-refractivity contribution < 1.29 is 20.1 Å². The molecule has 1 saturated heterocycles. The summed E-state index contributed by atoms with van der Waals surface area (Å²) >= 11 is 0. The van der Waals surface area contributed by atoms with Crippen LogP contribution in [0.3, 0.4) is 0 Å². The fraction of sp³-hybridized carbons (Fsp3) is 0.750. The van der Waals surface area contributed by atoms with Crippen LogP contribution in [-0.2, 0) is 12.8 Å². The Labute approximate surface area is 141 Å². The Hall–Kier alpha value is -1.48. The summed E-state index contributed by atoms with van der Waals surface area (Å²) in [7, 11) is 0. The van der Waals surface area contributed by atoms with Crippen LogP contribution in [-0.4, -0.2) is 76.9 Å². The number of nitrogens with one attached hydrogen (secondary N) is 1. The predicted molar refractivity (Wildman–Crippen MR) is 88.4 cm³/mol. The molecule has 0 radical (unpaired) electrons. The van der Waals surface area contributed by atoms with Crippen molar-refractivity contribution in [1.29, 1.82) is 0 Å². The molecule has 1 fully saturated rings. The van der Waals surface area contributed by atoms with Crippen LogP contribution >= 0.6 is 0 Å². The normalized spacial score (nSPS) is 20.4. The fourth-order valence-corrected chi connectivity index (χ4v) is 3.07. The van der Waals surface area contributed by atoms with Gasteiger partial charge in [0.05, 0.1) is 12.3 Å². The molecule has 3 rings (SSSR count). The van der Waals surface area contributed by atoms with Crippen molar-refractivity contribution in [1.82, 2.24) is 15.3 Å². The molecule has 1 aliphatic carbocycles. The Morgan fingerprint density at radius 3 is 2.58 bits per heavy atom. The Morgan fingerprint density at radius 2 is 1.83 bits per heavy atom. The number of hydrogen-bond donors (Lipinski definition) is 4. The fourth-order valence-electron chi connectivity index (χ4n) is 3.07. The van der Waals surface area contributed by atoms with Crippen molar-refractivity contribution in [3.8, 4) is 5.88 Å². The van der Waals surface area contributed by atoms with Crippen LogP contribution in [0.1, 0.15) is 24.1 Å². The van der Waals surface area contributed by atoms with Gasteiger partial charge in [-0.15, -0.1) is 0 Å². The lowest BCUT2D eigenvalue weighted by molar-refractivity contribution is -0.0347. The molecule has 1 aliphatic heterocycles. The highest BCUT2D eigenvalue weighted by atomic mass is 16.5. The van der Waals surface area contributed by atoms with Gasteiger partial charge in [0.25, 0.3) is 0 Å². The molecule has 8 nitrogen and oxygen atoms in total. The van der Waals surface area contributed by atoms with E-state index in [-0.39, 0.29) is 6.61 Å². The first-order valence-corrected chi connectivity index (χ1v) is 8.64. The van der Waals surface area contributed by atoms with Gasteiger partial charge >= 0.3 is 0 Å². The van der Waals surface area contributed by atoms with Crippen LogP contribution in [0.2, 0.25) is 0 Å². The van der Waals surface area contributed by atoms with Crippen LogP contribution in [0.5, 0.6) is 5.88 Å². The predicted octanol–water partition coefficient (Wildman–Crippen LogP) is -1.14. The second-order valence-corrected chi connectivity index (χ2v) is 6.33. The molecule has 0 bridgehead atoms. The number of aliphatic hydroxyl groups excluding tert-OH is 3. The number of nitrogens with zero attached hydrogens (tertiary/aromatic N) is 3. The van der Waals surface area contributed by atoms with E-state index in [9.17, 15) is 10.2 Å². The number of piperazine rings is 1. The minimum atomic E-state index is -1.21. The molecule has 1 aromatic heterocycles. The maximum Gasteiger partial charge on any atom is 0.228 e. The van der Waals surface area contributed by atoms with Gasteiger partial charge in [0.15, 0.2) is 0 Å². The Kier molecular flexibility index (Phi) is 5.83. The molecule has 0 spiro atoms. The van der Waals surface area contributed by atoms with Gasteiger partial charge in [0, 0.05) is 31.7 Å². The van der Waals surface area contributed by atoms with Crippen molar-refractivity contribution >= 4 is 5.95 Å². The number of hydrogen-bond acceptors (Lipinski definition) is 8. The average Bonchev–Trinajstić information content (AvgIpc) is 2.65. The zero-order valence-corrected chi connectivity index (χ0v) is 13.8. The van der Waals surface area contributed by atoms with Gasteiger partial charge in [-0.1, -0.05) is 0 Å². The molecular formula is C16H26N4O4. The first-order valence-electron chi connectivity index (χ1n) is 8.64. The molecule has 134 valence electrons. The third-order valence-corrected chi connectivity index (χ3v) is 4.56. The number of aryl methyl sites for hydroxylation is 1. The molecule has 2 atom stereocenters. The van der Waals surface area contributed by atoms with Crippen LogP contribution in [0.4, 0.5) is 5.95 Å². The van der Waals surface area contributed by atoms with Crippen molar-refractivity contribution in [3.05, 3.63) is 11.3 Å². The molecule has 2 unspecified atom stereocenters. The summed E-state index contributed by atoms with van der Waals surface area (Å²) in [6.45, 7) is 2.90. The highest BCUT2D eigenvalue weighted by Gasteiger charge is 2.24. The molecule has 0 aromatic carbocycles. The molecule has 4 N–H and O–H groups in total. The van der Waals surface area contributed by atoms with Crippen molar-refractivity contribution in [2.45, 2.75) is 37.9 Å². The average molecular weight is 338 g/mol. The zero-order chi connectivity index (χ0) is 16.9. The summed E-state index contributed by atoms with van der Waals surface area (Å²) in [6.07, 6.45) is 1.60. The molecule has 0 amide bonds. The molecule has 2 heterocycles. The third-order valence-electron chi connectivity index (χ3n) is 4.56. The standard InChI is InChI=1S/C16H26N4O4/c21-9-13(22)14(23)10-24-15-11-3-1-2-4-12(11)18-16(19-15)20-7-5-17-6-8-20/h13-14,17,21-23H,1-10H2. The van der Waals surface area contributed by atoms with E-state index >= 15 is 0 Å². The topological polar surface area (TPSA) is 111 Å². The second kappa shape index (κ2) is 8.06. The second-order valence-electron chi connectivity index (χ2n) is 6.33. The summed E-state index contributed by atoms with van der Waals surface area (Å²) in [5.41, 5.74) is 2.03. The smallest absolute Gasteiger partial charge is 0.228 e. The first-order chi connectivity index (χ1) is 11.7. The van der Waals surface area contributed by atoms with Gasteiger partial charge in [-0.05, 0) is 25.7 Å². The van der Waals surface area contributed by atoms with Gasteiger partial charge < -0.3 is 30.3 Å². The van der Waals surface area contributed by atoms with E-state index in [0.29, 0.717) is 11.8 Å². The van der Waals surface area contributed by atoms with Crippen molar-refractivity contribution in [2.24, 2.45) is 0 Å². The lowest BCUT2D eigenvalue weighted by Gasteiger charge is -2.29. The molecule has 8 heteroatoms. The van der Waals surface area contributed by atoms with Gasteiger partial charge in [-0.3, -0.25) is 0 Å². The van der Waals surface area contributed by atoms with E-state index in [0.717, 1.165) is 63.1 Å². The lowest BCUT2D eigenvalue weighted by atomic mass is 9.97. The third kappa shape index (κ3) is 3.94. The number of anilines is 1. The van der Waals surface area contributed by atoms with Gasteiger partial charge in [0.2, 0.25) is 11.8 Å². The van der Waals surface area contributed by atoms with Crippen molar-refractivity contribution in [3.63, 3.8) is 0 Å². The largest absolute Gasteiger partial charge is 0.474 e. The molecule has 0 saturated carbocycles. The SMILES string of the molecule is OCC(O)C(O)COc1nc(N2CCNCC2)nc2c1CCCC2. The number of fused-ring (bicyclic) bond motifs is 1. The highest BCUT2D eigenvalue weighted by molar-refractivity contribution is 5.42. The maximum atomic E-state index is 9.80. The van der Waals surface area contributed by atoms with Crippen molar-refractivity contribution in [2.75, 3.05) is 44.3 Å². The molecule has 24 heavy (non-hydrogen) atoms. The number of rotatable bonds is 6. The Balaban J connectivity index is 1.80. The van der Waals surface area contributed by atoms with E-state index in [1.54, 1.807) is 0 Å². The van der Waals surface area contributed by atoms with Gasteiger partial charge in [-0.2, -0.15) is 4.98 Å². The van der Waals surface area contributed by atoms with Crippen LogP contribution < -0.4 is 15.0 Å². The van der Waals surface area contributed by atoms with Gasteiger partial charge in [0.1, 0.15) is 18.8 Å². The molecule has 1 aromatic rings. The van der Waals surface area contributed by atoms with Crippen LogP contribution in [0.15, 0.2) is 0 Å². The van der Waals surface area contributed by atoms with Gasteiger partial charge in [-0.25, -0.2) is 4.98 Å². The number of aliphatic hydroxyl groups is 3. The summed E-state index contributed by atoms with van der Waals surface area (Å²) in [6, 6.07) is 0. The van der Waals surface area contributed by atoms with Crippen LogP contribution in [0, 0.1) is 0 Å². The lowest BCUT2D eigenvalue weighted by Crippen LogP contribution is -2.44. The van der Waals surface area contributed by atoms with E-state index in [4.69, 9.17) is 14.8 Å². The minimum Gasteiger partial charge on any atom is -0.474 e. The molecule has 2 aliphatic rings. The van der Waals surface area contributed by atoms with E-state index in [2.05, 4.69) is 15.2 Å². The summed E-state index contributed by atoms with van der Waals surface area (Å²) in [5, 5.41) is 31.5. The molecular weight excluding hydrogens is 312 g/mol. The Bertz CT molecular complexity index is 551. The van der Waals surface area contributed by atoms with E-state index in [1.807, 2.05) is 0 Å². The van der Waals surface area contributed by atoms with E-state index < -0.39 is 18.8 Å². The number of ether oxygens (including phenoxy) is 1. The highest BCUT2D eigenvalue weighted by Crippen LogP contribution is 2.29. The quantitative estimate of drug-likeness (QED) is 0.515. The Morgan fingerprint density at radius 1 is 1.08 bits per heavy atom. The first kappa shape index (κ1) is 17.3. The summed E-state index contributed by atoms with van der Waals surface area (Å²) in [4.78, 5) is 11.4. The summed E-state index contributed by atoms with van der Waals surface area (Å²) < 4.78 is 5.71. The monoisotopic (exact) mass is 338 g/mol.